The number of hydrazine groups is 1. The van der Waals surface area contributed by atoms with Crippen LogP contribution in [0.15, 0.2) is 0 Å². The first kappa shape index (κ1) is 14.7. The van der Waals surface area contributed by atoms with E-state index in [1.165, 1.54) is 5.01 Å². The number of amides is 1. The molecule has 2 unspecified atom stereocenters. The van der Waals surface area contributed by atoms with E-state index in [-0.39, 0.29) is 23.1 Å². The third-order valence-electron chi connectivity index (χ3n) is 4.12. The molecule has 0 aliphatic carbocycles. The van der Waals surface area contributed by atoms with Crippen molar-refractivity contribution in [3.8, 4) is 0 Å². The van der Waals surface area contributed by atoms with Gasteiger partial charge >= 0.3 is 0 Å². The van der Waals surface area contributed by atoms with E-state index >= 15 is 0 Å². The Morgan fingerprint density at radius 3 is 2.35 bits per heavy atom. The average Bonchev–Trinajstić information content (AvgIpc) is 2.43. The van der Waals surface area contributed by atoms with Crippen LogP contribution in [-0.2, 0) is 9.22 Å². The number of nitrogens with two attached hydrogens (primary N) is 1. The summed E-state index contributed by atoms with van der Waals surface area (Å²) >= 11 is 0. The highest BCUT2D eigenvalue weighted by Crippen LogP contribution is 2.38. The summed E-state index contributed by atoms with van der Waals surface area (Å²) < 4.78 is 6.15. The zero-order valence-electron chi connectivity index (χ0n) is 11.9. The Labute approximate surface area is 106 Å². The first-order valence-corrected chi connectivity index (χ1v) is 9.26. The SMILES string of the molecule is CCC1CC(O[Si](C)(C)C(C)(C)C)C(=O)N1N. The van der Waals surface area contributed by atoms with Gasteiger partial charge < -0.3 is 4.43 Å². The molecule has 0 saturated carbocycles. The molecule has 1 saturated heterocycles. The quantitative estimate of drug-likeness (QED) is 0.480. The highest BCUT2D eigenvalue weighted by molar-refractivity contribution is 6.74. The maximum atomic E-state index is 12.0. The summed E-state index contributed by atoms with van der Waals surface area (Å²) in [5, 5.41) is 1.48. The van der Waals surface area contributed by atoms with Gasteiger partial charge in [-0.3, -0.25) is 9.80 Å². The number of hydrogen-bond donors (Lipinski definition) is 1. The van der Waals surface area contributed by atoms with E-state index in [1.54, 1.807) is 0 Å². The normalized spacial score (nSPS) is 26.8. The van der Waals surface area contributed by atoms with Crippen LogP contribution in [0.4, 0.5) is 0 Å². The van der Waals surface area contributed by atoms with Gasteiger partial charge in [0.2, 0.25) is 0 Å². The topological polar surface area (TPSA) is 55.6 Å². The minimum Gasteiger partial charge on any atom is -0.405 e. The van der Waals surface area contributed by atoms with Crippen LogP contribution in [0.25, 0.3) is 0 Å². The summed E-state index contributed by atoms with van der Waals surface area (Å²) in [5.41, 5.74) is 0. The van der Waals surface area contributed by atoms with Crippen LogP contribution in [0.1, 0.15) is 40.5 Å². The molecule has 100 valence electrons. The lowest BCUT2D eigenvalue weighted by atomic mass is 10.1. The lowest BCUT2D eigenvalue weighted by molar-refractivity contribution is -0.135. The van der Waals surface area contributed by atoms with Gasteiger partial charge in [-0.1, -0.05) is 27.7 Å². The maximum absolute atomic E-state index is 12.0. The lowest BCUT2D eigenvalue weighted by Gasteiger charge is -2.37. The third kappa shape index (κ3) is 2.89. The molecule has 1 amide bonds. The van der Waals surface area contributed by atoms with E-state index in [2.05, 4.69) is 33.9 Å². The van der Waals surface area contributed by atoms with E-state index in [0.29, 0.717) is 0 Å². The highest BCUT2D eigenvalue weighted by Gasteiger charge is 2.45. The number of nitrogens with zero attached hydrogens (tertiary/aromatic N) is 1. The van der Waals surface area contributed by atoms with Crippen molar-refractivity contribution in [2.24, 2.45) is 5.84 Å². The predicted octanol–water partition coefficient (Wildman–Crippen LogP) is 2.26. The van der Waals surface area contributed by atoms with Crippen molar-refractivity contribution in [1.29, 1.82) is 0 Å². The zero-order valence-corrected chi connectivity index (χ0v) is 12.9. The molecule has 1 rings (SSSR count). The van der Waals surface area contributed by atoms with Crippen molar-refractivity contribution in [3.05, 3.63) is 0 Å². The Bertz CT molecular complexity index is 299. The molecule has 2 N–H and O–H groups in total. The fourth-order valence-corrected chi connectivity index (χ4v) is 3.06. The van der Waals surface area contributed by atoms with E-state index in [0.717, 1.165) is 12.8 Å². The van der Waals surface area contributed by atoms with Gasteiger partial charge in [-0.25, -0.2) is 5.84 Å². The molecule has 1 heterocycles. The molecule has 0 aromatic carbocycles. The van der Waals surface area contributed by atoms with Crippen molar-refractivity contribution in [2.45, 2.75) is 70.8 Å². The molecule has 2 atom stereocenters. The summed E-state index contributed by atoms with van der Waals surface area (Å²) in [6.07, 6.45) is 1.30. The Hall–Kier alpha value is -0.393. The second-order valence-electron chi connectivity index (χ2n) is 6.41. The molecule has 0 spiro atoms. The Morgan fingerprint density at radius 2 is 2.00 bits per heavy atom. The molecule has 0 aromatic heterocycles. The first-order chi connectivity index (χ1) is 7.60. The van der Waals surface area contributed by atoms with Crippen molar-refractivity contribution in [2.75, 3.05) is 0 Å². The van der Waals surface area contributed by atoms with Crippen LogP contribution in [0, 0.1) is 0 Å². The van der Waals surface area contributed by atoms with Gasteiger partial charge in [-0.15, -0.1) is 0 Å². The van der Waals surface area contributed by atoms with Crippen LogP contribution < -0.4 is 5.84 Å². The predicted molar refractivity (Wildman–Crippen MR) is 71.8 cm³/mol. The highest BCUT2D eigenvalue weighted by atomic mass is 28.4. The van der Waals surface area contributed by atoms with Crippen molar-refractivity contribution >= 4 is 14.2 Å². The van der Waals surface area contributed by atoms with Crippen LogP contribution in [0.5, 0.6) is 0 Å². The summed E-state index contributed by atoms with van der Waals surface area (Å²) in [6, 6.07) is 0.136. The summed E-state index contributed by atoms with van der Waals surface area (Å²) in [4.78, 5) is 12.0. The van der Waals surface area contributed by atoms with Gasteiger partial charge in [-0.2, -0.15) is 0 Å². The average molecular weight is 258 g/mol. The molecule has 0 bridgehead atoms. The maximum Gasteiger partial charge on any atom is 0.264 e. The van der Waals surface area contributed by atoms with Crippen LogP contribution in [0.2, 0.25) is 18.1 Å². The molecule has 4 nitrogen and oxygen atoms in total. The van der Waals surface area contributed by atoms with E-state index in [4.69, 9.17) is 10.3 Å². The number of carbonyl (C=O) groups excluding carboxylic acids is 1. The zero-order chi connectivity index (χ0) is 13.4. The molecule has 1 fully saturated rings. The van der Waals surface area contributed by atoms with Crippen molar-refractivity contribution in [1.82, 2.24) is 5.01 Å². The molecule has 1 aliphatic heterocycles. The van der Waals surface area contributed by atoms with Gasteiger partial charge in [0.15, 0.2) is 8.32 Å². The fraction of sp³-hybridized carbons (Fsp3) is 0.917. The first-order valence-electron chi connectivity index (χ1n) is 6.35. The van der Waals surface area contributed by atoms with E-state index < -0.39 is 8.32 Å². The minimum atomic E-state index is -1.89. The molecule has 1 aliphatic rings. The molecule has 5 heteroatoms. The molecule has 0 aromatic rings. The van der Waals surface area contributed by atoms with Crippen LogP contribution in [0.3, 0.4) is 0 Å². The van der Waals surface area contributed by atoms with Gasteiger partial charge in [0.25, 0.3) is 5.91 Å². The smallest absolute Gasteiger partial charge is 0.264 e. The Balaban J connectivity index is 2.74. The monoisotopic (exact) mass is 258 g/mol. The minimum absolute atomic E-state index is 0.0540. The summed E-state index contributed by atoms with van der Waals surface area (Å²) in [7, 11) is -1.89. The van der Waals surface area contributed by atoms with Gasteiger partial charge in [0.05, 0.1) is 6.04 Å². The lowest BCUT2D eigenvalue weighted by Crippen LogP contribution is -2.47. The number of hydrogen-bond acceptors (Lipinski definition) is 3. The second-order valence-corrected chi connectivity index (χ2v) is 11.2. The molecule has 17 heavy (non-hydrogen) atoms. The largest absolute Gasteiger partial charge is 0.405 e. The third-order valence-corrected chi connectivity index (χ3v) is 8.61. The van der Waals surface area contributed by atoms with Crippen molar-refractivity contribution < 1.29 is 9.22 Å². The van der Waals surface area contributed by atoms with Crippen LogP contribution >= 0.6 is 0 Å². The second kappa shape index (κ2) is 4.70. The Morgan fingerprint density at radius 1 is 1.47 bits per heavy atom. The Kier molecular flexibility index (Phi) is 4.06. The van der Waals surface area contributed by atoms with E-state index in [9.17, 15) is 4.79 Å². The molecular weight excluding hydrogens is 232 g/mol. The standard InChI is InChI=1S/C12H26N2O2Si/c1-7-9-8-10(11(15)14(9)13)16-17(5,6)12(2,3)4/h9-10H,7-8,13H2,1-6H3. The molecular formula is C12H26N2O2Si. The van der Waals surface area contributed by atoms with Gasteiger partial charge in [0, 0.05) is 6.42 Å². The summed E-state index contributed by atoms with van der Waals surface area (Å²) in [6.45, 7) is 12.9. The summed E-state index contributed by atoms with van der Waals surface area (Å²) in [5.74, 6) is 5.72. The molecule has 0 radical (unpaired) electrons. The van der Waals surface area contributed by atoms with Gasteiger partial charge in [-0.05, 0) is 24.6 Å². The van der Waals surface area contributed by atoms with Gasteiger partial charge in [0.1, 0.15) is 6.10 Å². The van der Waals surface area contributed by atoms with Crippen molar-refractivity contribution in [3.63, 3.8) is 0 Å². The van der Waals surface area contributed by atoms with E-state index in [1.807, 2.05) is 6.92 Å². The fourth-order valence-electron chi connectivity index (χ4n) is 1.80. The number of rotatable bonds is 3. The van der Waals surface area contributed by atoms with Crippen LogP contribution in [-0.4, -0.2) is 31.4 Å². The number of carbonyl (C=O) groups is 1.